The molecule has 0 radical (unpaired) electrons. The summed E-state index contributed by atoms with van der Waals surface area (Å²) in [4.78, 5) is 27.9. The fourth-order valence-corrected chi connectivity index (χ4v) is 12.4. The van der Waals surface area contributed by atoms with Crippen molar-refractivity contribution in [3.8, 4) is 11.8 Å². The number of Topliss-reactive ketones (excluding diaryl/α,β-unsaturated/α-hetero) is 1. The summed E-state index contributed by atoms with van der Waals surface area (Å²) >= 11 is 0. The average molecular weight is 635 g/mol. The second-order valence-electron chi connectivity index (χ2n) is 16.5. The van der Waals surface area contributed by atoms with E-state index in [0.717, 1.165) is 12.0 Å². The van der Waals surface area contributed by atoms with Crippen LogP contribution in [-0.2, 0) is 19.6 Å². The number of ketones is 2. The van der Waals surface area contributed by atoms with E-state index in [2.05, 4.69) is 24.6 Å². The number of allylic oxidation sites excluding steroid dienone is 3. The lowest BCUT2D eigenvalue weighted by atomic mass is 9.33. The van der Waals surface area contributed by atoms with Crippen LogP contribution in [-0.4, -0.2) is 41.3 Å². The smallest absolute Gasteiger partial charge is 0.241 e. The number of phenolic OH excluding ortho intramolecular Hbond substituents is 1. The number of benzene rings is 1. The predicted octanol–water partition coefficient (Wildman–Crippen LogP) is 5.76. The average Bonchev–Trinajstić information content (AvgIpc) is 2.95. The van der Waals surface area contributed by atoms with E-state index in [1.807, 2.05) is 34.6 Å². The molecular weight excluding hydrogens is 588 g/mol. The Labute approximate surface area is 267 Å². The van der Waals surface area contributed by atoms with Crippen LogP contribution in [0, 0.1) is 50.2 Å². The number of nitriles is 1. The SMILES string of the molecule is CC1(C)C(=O)C(C#N)=C[C@]2(C)C3=CC(=O)[C@]4(O)[C@@H]5C[C@@](C)(NS(=O)(=O)c6cccc(O)c6)CC[C@]5(C)CC[C@@]4(C)[C@]3(C)CC[C@@H]12. The van der Waals surface area contributed by atoms with Crippen LogP contribution in [0.15, 0.2) is 52.5 Å². The van der Waals surface area contributed by atoms with Gasteiger partial charge in [-0.1, -0.05) is 53.7 Å². The van der Waals surface area contributed by atoms with E-state index < -0.39 is 48.7 Å². The van der Waals surface area contributed by atoms with E-state index in [4.69, 9.17) is 0 Å². The molecule has 5 aliphatic carbocycles. The van der Waals surface area contributed by atoms with Crippen LogP contribution in [0.1, 0.15) is 93.4 Å². The number of phenols is 1. The van der Waals surface area contributed by atoms with Gasteiger partial charge in [0.25, 0.3) is 0 Å². The van der Waals surface area contributed by atoms with E-state index in [9.17, 15) is 33.5 Å². The molecule has 3 saturated carbocycles. The quantitative estimate of drug-likeness (QED) is 0.384. The molecule has 9 heteroatoms. The lowest BCUT2D eigenvalue weighted by molar-refractivity contribution is -0.239. The molecule has 0 amide bonds. The number of nitrogens with one attached hydrogen (secondary N) is 1. The van der Waals surface area contributed by atoms with Gasteiger partial charge in [0.1, 0.15) is 17.4 Å². The zero-order valence-corrected chi connectivity index (χ0v) is 28.3. The largest absolute Gasteiger partial charge is 0.508 e. The second-order valence-corrected chi connectivity index (χ2v) is 18.2. The molecule has 3 fully saturated rings. The molecular formula is C36H46N2O6S. The third-order valence-electron chi connectivity index (χ3n) is 13.8. The number of fused-ring (bicyclic) bond motifs is 7. The first-order chi connectivity index (χ1) is 20.6. The summed E-state index contributed by atoms with van der Waals surface area (Å²) in [6, 6.07) is 7.67. The van der Waals surface area contributed by atoms with Crippen LogP contribution in [0.3, 0.4) is 0 Å². The molecule has 8 atom stereocenters. The number of sulfonamides is 1. The molecule has 8 nitrogen and oxygen atoms in total. The molecule has 45 heavy (non-hydrogen) atoms. The first-order valence-electron chi connectivity index (χ1n) is 16.1. The number of nitrogens with zero attached hydrogens (tertiary/aromatic N) is 1. The van der Waals surface area contributed by atoms with Crippen molar-refractivity contribution in [1.82, 2.24) is 4.72 Å². The Balaban J connectivity index is 1.45. The second kappa shape index (κ2) is 9.39. The summed E-state index contributed by atoms with van der Waals surface area (Å²) in [5.74, 6) is -1.29. The molecule has 3 N–H and O–H groups in total. The number of carbonyl (C=O) groups excluding carboxylic acids is 2. The van der Waals surface area contributed by atoms with Crippen molar-refractivity contribution in [3.63, 3.8) is 0 Å². The summed E-state index contributed by atoms with van der Waals surface area (Å²) in [6.07, 6.45) is 7.69. The van der Waals surface area contributed by atoms with Crippen molar-refractivity contribution >= 4 is 21.6 Å². The van der Waals surface area contributed by atoms with Gasteiger partial charge in [0.15, 0.2) is 11.6 Å². The van der Waals surface area contributed by atoms with Gasteiger partial charge in [-0.15, -0.1) is 0 Å². The monoisotopic (exact) mass is 634 g/mol. The van der Waals surface area contributed by atoms with E-state index in [-0.39, 0.29) is 45.5 Å². The van der Waals surface area contributed by atoms with Crippen LogP contribution < -0.4 is 4.72 Å². The fraction of sp³-hybridized carbons (Fsp3) is 0.639. The summed E-state index contributed by atoms with van der Waals surface area (Å²) in [5, 5.41) is 32.9. The van der Waals surface area contributed by atoms with Gasteiger partial charge in [-0.05, 0) is 98.5 Å². The molecule has 242 valence electrons. The number of aliphatic hydroxyl groups is 1. The molecule has 0 spiro atoms. The molecule has 0 heterocycles. The Morgan fingerprint density at radius 2 is 1.62 bits per heavy atom. The fourth-order valence-electron chi connectivity index (χ4n) is 10.9. The minimum Gasteiger partial charge on any atom is -0.508 e. The third-order valence-corrected chi connectivity index (χ3v) is 15.4. The van der Waals surface area contributed by atoms with Crippen molar-refractivity contribution < 1.29 is 28.2 Å². The lowest BCUT2D eigenvalue weighted by Crippen LogP contribution is -2.74. The van der Waals surface area contributed by atoms with Gasteiger partial charge >= 0.3 is 0 Å². The molecule has 0 aromatic heterocycles. The van der Waals surface area contributed by atoms with Gasteiger partial charge in [0.05, 0.1) is 10.5 Å². The molecule has 1 aromatic carbocycles. The van der Waals surface area contributed by atoms with E-state index in [0.29, 0.717) is 32.1 Å². The highest BCUT2D eigenvalue weighted by Gasteiger charge is 2.75. The van der Waals surface area contributed by atoms with Crippen molar-refractivity contribution in [2.45, 2.75) is 109 Å². The van der Waals surface area contributed by atoms with Crippen LogP contribution >= 0.6 is 0 Å². The first kappa shape index (κ1) is 32.2. The van der Waals surface area contributed by atoms with Crippen LogP contribution in [0.2, 0.25) is 0 Å². The Bertz CT molecular complexity index is 1740. The number of hydrogen-bond acceptors (Lipinski definition) is 7. The van der Waals surface area contributed by atoms with E-state index >= 15 is 0 Å². The number of aromatic hydroxyl groups is 1. The third kappa shape index (κ3) is 4.04. The van der Waals surface area contributed by atoms with E-state index in [1.165, 1.54) is 24.3 Å². The normalized spacial score (nSPS) is 43.9. The van der Waals surface area contributed by atoms with Crippen LogP contribution in [0.5, 0.6) is 5.75 Å². The molecule has 0 bridgehead atoms. The van der Waals surface area contributed by atoms with Gasteiger partial charge in [0, 0.05) is 27.7 Å². The first-order valence-corrected chi connectivity index (χ1v) is 17.6. The zero-order chi connectivity index (χ0) is 33.2. The zero-order valence-electron chi connectivity index (χ0n) is 27.5. The topological polar surface area (TPSA) is 145 Å². The molecule has 6 rings (SSSR count). The highest BCUT2D eigenvalue weighted by Crippen LogP contribution is 2.75. The maximum atomic E-state index is 14.7. The van der Waals surface area contributed by atoms with Gasteiger partial charge < -0.3 is 10.2 Å². The number of rotatable bonds is 3. The van der Waals surface area contributed by atoms with Gasteiger partial charge in [0.2, 0.25) is 10.0 Å². The summed E-state index contributed by atoms with van der Waals surface area (Å²) in [5.41, 5.74) is -5.01. The van der Waals surface area contributed by atoms with Crippen LogP contribution in [0.25, 0.3) is 0 Å². The Kier molecular flexibility index (Phi) is 6.71. The molecule has 1 aromatic rings. The van der Waals surface area contributed by atoms with Crippen molar-refractivity contribution in [1.29, 1.82) is 5.26 Å². The lowest BCUT2D eigenvalue weighted by Gasteiger charge is -2.71. The highest BCUT2D eigenvalue weighted by molar-refractivity contribution is 7.89. The van der Waals surface area contributed by atoms with Crippen molar-refractivity contribution in [3.05, 3.63) is 47.6 Å². The summed E-state index contributed by atoms with van der Waals surface area (Å²) in [7, 11) is -4.00. The van der Waals surface area contributed by atoms with Crippen LogP contribution in [0.4, 0.5) is 0 Å². The predicted molar refractivity (Wildman–Crippen MR) is 169 cm³/mol. The van der Waals surface area contributed by atoms with Gasteiger partial charge in [-0.2, -0.15) is 5.26 Å². The number of hydrogen-bond donors (Lipinski definition) is 3. The molecule has 0 unspecified atom stereocenters. The van der Waals surface area contributed by atoms with Crippen molar-refractivity contribution in [2.24, 2.45) is 38.9 Å². The van der Waals surface area contributed by atoms with Gasteiger partial charge in [-0.3, -0.25) is 9.59 Å². The Hall–Kier alpha value is -2.80. The summed E-state index contributed by atoms with van der Waals surface area (Å²) in [6.45, 7) is 14.0. The molecule has 5 aliphatic rings. The molecule has 0 aliphatic heterocycles. The highest BCUT2D eigenvalue weighted by atomic mass is 32.2. The minimum absolute atomic E-state index is 0.0400. The summed E-state index contributed by atoms with van der Waals surface area (Å²) < 4.78 is 29.9. The maximum Gasteiger partial charge on any atom is 0.241 e. The van der Waals surface area contributed by atoms with Gasteiger partial charge in [-0.25, -0.2) is 13.1 Å². The van der Waals surface area contributed by atoms with Crippen molar-refractivity contribution in [2.75, 3.05) is 0 Å². The Morgan fingerprint density at radius 1 is 0.956 bits per heavy atom. The Morgan fingerprint density at radius 3 is 2.27 bits per heavy atom. The molecule has 0 saturated heterocycles. The maximum absolute atomic E-state index is 14.7. The number of carbonyl (C=O) groups is 2. The van der Waals surface area contributed by atoms with E-state index in [1.54, 1.807) is 12.2 Å². The minimum atomic E-state index is -4.00. The standard InChI is InChI=1S/C36H46N2O6S/c1-30(2)25-11-12-34(6)26(33(25,5)19-22(21-37)29(30)41)18-28(40)36(42)27-20-32(4,15-13-31(27,3)14-16-35(34,36)7)38-45(43,44)24-10-8-9-23(39)17-24/h8-10,17-19,25,27,38-39,42H,11-16,20H2,1-7H3/t25-,27+,31+,32-,33-,34+,35-,36+/m0/s1.